The molecule has 7 nitrogen and oxygen atoms in total. The number of urea groups is 1. The number of carbonyl (C=O) groups is 1. The monoisotopic (exact) mass is 242 g/mol. The third-order valence-corrected chi connectivity index (χ3v) is 1.89. The predicted octanol–water partition coefficient (Wildman–Crippen LogP) is 0.306. The van der Waals surface area contributed by atoms with Gasteiger partial charge in [0, 0.05) is 18.7 Å². The summed E-state index contributed by atoms with van der Waals surface area (Å²) >= 11 is 0. The highest BCUT2D eigenvalue weighted by molar-refractivity contribution is 5.90. The van der Waals surface area contributed by atoms with Crippen LogP contribution in [-0.2, 0) is 0 Å². The van der Waals surface area contributed by atoms with E-state index in [1.807, 2.05) is 0 Å². The van der Waals surface area contributed by atoms with Crippen molar-refractivity contribution in [2.24, 2.45) is 0 Å². The van der Waals surface area contributed by atoms with Crippen molar-refractivity contribution in [3.63, 3.8) is 0 Å². The van der Waals surface area contributed by atoms with Gasteiger partial charge in [-0.2, -0.15) is 0 Å². The molecule has 1 atom stereocenters. The lowest BCUT2D eigenvalue weighted by molar-refractivity contribution is 0.190. The number of phenolic OH excluding ortho intramolecular Hbond substituents is 3. The van der Waals surface area contributed by atoms with Crippen LogP contribution in [0.2, 0.25) is 0 Å². The van der Waals surface area contributed by atoms with Gasteiger partial charge in [-0.3, -0.25) is 0 Å². The highest BCUT2D eigenvalue weighted by Crippen LogP contribution is 2.37. The maximum Gasteiger partial charge on any atom is 0.319 e. The minimum absolute atomic E-state index is 0.0713. The molecule has 94 valence electrons. The number of aliphatic hydroxyl groups is 1. The Morgan fingerprint density at radius 3 is 2.29 bits per heavy atom. The molecule has 1 rings (SSSR count). The van der Waals surface area contributed by atoms with Crippen molar-refractivity contribution in [2.45, 2.75) is 13.0 Å². The molecule has 2 amide bonds. The number of nitrogens with one attached hydrogen (secondary N) is 2. The zero-order chi connectivity index (χ0) is 13.0. The van der Waals surface area contributed by atoms with Gasteiger partial charge in [-0.15, -0.1) is 0 Å². The van der Waals surface area contributed by atoms with Crippen molar-refractivity contribution in [1.82, 2.24) is 5.32 Å². The van der Waals surface area contributed by atoms with Crippen molar-refractivity contribution in [3.8, 4) is 17.2 Å². The van der Waals surface area contributed by atoms with Crippen molar-refractivity contribution in [3.05, 3.63) is 12.1 Å². The molecule has 0 saturated heterocycles. The fourth-order valence-corrected chi connectivity index (χ4v) is 1.09. The lowest BCUT2D eigenvalue weighted by Crippen LogP contribution is -2.34. The Hall–Kier alpha value is -2.15. The number of amides is 2. The Morgan fingerprint density at radius 2 is 1.82 bits per heavy atom. The second-order valence-electron chi connectivity index (χ2n) is 3.55. The molecule has 6 N–H and O–H groups in total. The molecule has 0 fully saturated rings. The lowest BCUT2D eigenvalue weighted by atomic mass is 10.2. The summed E-state index contributed by atoms with van der Waals surface area (Å²) in [5, 5.41) is 41.1. The van der Waals surface area contributed by atoms with Crippen LogP contribution in [0.25, 0.3) is 0 Å². The number of phenols is 3. The Morgan fingerprint density at radius 1 is 1.29 bits per heavy atom. The number of carbonyl (C=O) groups excluding carboxylic acids is 1. The molecule has 7 heteroatoms. The Bertz CT molecular complexity index is 396. The maximum absolute atomic E-state index is 11.3. The molecule has 0 aliphatic rings. The van der Waals surface area contributed by atoms with Crippen LogP contribution < -0.4 is 10.6 Å². The third kappa shape index (κ3) is 3.72. The zero-order valence-corrected chi connectivity index (χ0v) is 9.14. The van der Waals surface area contributed by atoms with Gasteiger partial charge in [0.2, 0.25) is 0 Å². The molecule has 0 aliphatic carbocycles. The lowest BCUT2D eigenvalue weighted by Gasteiger charge is -2.10. The van der Waals surface area contributed by atoms with Crippen LogP contribution in [0.15, 0.2) is 12.1 Å². The first-order chi connectivity index (χ1) is 7.90. The van der Waals surface area contributed by atoms with Crippen LogP contribution in [0.3, 0.4) is 0 Å². The number of benzene rings is 1. The molecule has 0 heterocycles. The van der Waals surface area contributed by atoms with E-state index < -0.39 is 29.4 Å². The van der Waals surface area contributed by atoms with E-state index in [4.69, 9.17) is 10.2 Å². The summed E-state index contributed by atoms with van der Waals surface area (Å²) in [6, 6.07) is 1.56. The second kappa shape index (κ2) is 5.26. The van der Waals surface area contributed by atoms with Gasteiger partial charge < -0.3 is 31.1 Å². The predicted molar refractivity (Wildman–Crippen MR) is 60.1 cm³/mol. The van der Waals surface area contributed by atoms with Crippen LogP contribution in [-0.4, -0.2) is 39.1 Å². The molecule has 0 saturated carbocycles. The van der Waals surface area contributed by atoms with E-state index in [0.29, 0.717) is 0 Å². The van der Waals surface area contributed by atoms with Crippen molar-refractivity contribution < 1.29 is 25.2 Å². The molecule has 0 aromatic heterocycles. The Balaban J connectivity index is 2.66. The van der Waals surface area contributed by atoms with Gasteiger partial charge in [-0.05, 0) is 6.92 Å². The summed E-state index contributed by atoms with van der Waals surface area (Å²) in [5.41, 5.74) is 0.112. The topological polar surface area (TPSA) is 122 Å². The van der Waals surface area contributed by atoms with Crippen LogP contribution in [0.5, 0.6) is 17.2 Å². The first-order valence-corrected chi connectivity index (χ1v) is 4.88. The van der Waals surface area contributed by atoms with E-state index in [1.54, 1.807) is 0 Å². The molecule has 0 bridgehead atoms. The van der Waals surface area contributed by atoms with E-state index in [1.165, 1.54) is 6.92 Å². The van der Waals surface area contributed by atoms with Gasteiger partial charge in [0.15, 0.2) is 17.2 Å². The van der Waals surface area contributed by atoms with Gasteiger partial charge in [0.05, 0.1) is 11.8 Å². The summed E-state index contributed by atoms with van der Waals surface area (Å²) in [4.78, 5) is 11.3. The number of aromatic hydroxyl groups is 3. The fourth-order valence-electron chi connectivity index (χ4n) is 1.09. The second-order valence-corrected chi connectivity index (χ2v) is 3.55. The molecule has 1 unspecified atom stereocenters. The molecular weight excluding hydrogens is 228 g/mol. The smallest absolute Gasteiger partial charge is 0.319 e. The summed E-state index contributed by atoms with van der Waals surface area (Å²) in [7, 11) is 0. The molecule has 0 spiro atoms. The van der Waals surface area contributed by atoms with Gasteiger partial charge in [0.1, 0.15) is 0 Å². The summed E-state index contributed by atoms with van der Waals surface area (Å²) < 4.78 is 0. The zero-order valence-electron chi connectivity index (χ0n) is 9.14. The number of aliphatic hydroxyl groups excluding tert-OH is 1. The normalized spacial score (nSPS) is 11.9. The minimum atomic E-state index is -0.678. The van der Waals surface area contributed by atoms with Gasteiger partial charge in [-0.25, -0.2) is 4.79 Å². The standard InChI is InChI=1S/C10H14N2O5/c1-5(13)4-11-10(17)12-6-2-7(14)9(16)8(15)3-6/h2-3,5,13-16H,4H2,1H3,(H2,11,12,17). The summed E-state index contributed by atoms with van der Waals surface area (Å²) in [5.74, 6) is -1.74. The fraction of sp³-hybridized carbons (Fsp3) is 0.300. The summed E-state index contributed by atoms with van der Waals surface area (Å²) in [6.07, 6.45) is -0.678. The van der Waals surface area contributed by atoms with E-state index in [2.05, 4.69) is 10.6 Å². The first kappa shape index (κ1) is 12.9. The van der Waals surface area contributed by atoms with Gasteiger partial charge in [0.25, 0.3) is 0 Å². The Labute approximate surface area is 97.3 Å². The number of anilines is 1. The largest absolute Gasteiger partial charge is 0.504 e. The highest BCUT2D eigenvalue weighted by Gasteiger charge is 2.10. The quantitative estimate of drug-likeness (QED) is 0.336. The molecule has 0 aliphatic heterocycles. The SMILES string of the molecule is CC(O)CNC(=O)Nc1cc(O)c(O)c(O)c1. The molecule has 0 radical (unpaired) electrons. The van der Waals surface area contributed by atoms with Crippen LogP contribution >= 0.6 is 0 Å². The molecule has 1 aromatic rings. The van der Waals surface area contributed by atoms with Crippen molar-refractivity contribution in [1.29, 1.82) is 0 Å². The number of hydrogen-bond donors (Lipinski definition) is 6. The van der Waals surface area contributed by atoms with Crippen molar-refractivity contribution in [2.75, 3.05) is 11.9 Å². The highest BCUT2D eigenvalue weighted by atomic mass is 16.3. The van der Waals surface area contributed by atoms with E-state index in [-0.39, 0.29) is 12.2 Å². The van der Waals surface area contributed by atoms with E-state index in [9.17, 15) is 15.0 Å². The van der Waals surface area contributed by atoms with Crippen molar-refractivity contribution >= 4 is 11.7 Å². The number of hydrogen-bond acceptors (Lipinski definition) is 5. The van der Waals surface area contributed by atoms with Gasteiger partial charge in [-0.1, -0.05) is 0 Å². The summed E-state index contributed by atoms with van der Waals surface area (Å²) in [6.45, 7) is 1.58. The third-order valence-electron chi connectivity index (χ3n) is 1.89. The molecular formula is C10H14N2O5. The molecule has 17 heavy (non-hydrogen) atoms. The average molecular weight is 242 g/mol. The van der Waals surface area contributed by atoms with Crippen LogP contribution in [0.1, 0.15) is 6.92 Å². The van der Waals surface area contributed by atoms with Crippen LogP contribution in [0, 0.1) is 0 Å². The maximum atomic E-state index is 11.3. The Kier molecular flexibility index (Phi) is 4.00. The number of rotatable bonds is 3. The minimum Gasteiger partial charge on any atom is -0.504 e. The first-order valence-electron chi connectivity index (χ1n) is 4.88. The van der Waals surface area contributed by atoms with E-state index >= 15 is 0 Å². The molecule has 1 aromatic carbocycles. The van der Waals surface area contributed by atoms with Gasteiger partial charge >= 0.3 is 6.03 Å². The van der Waals surface area contributed by atoms with E-state index in [0.717, 1.165) is 12.1 Å². The average Bonchev–Trinajstić information content (AvgIpc) is 2.23. The van der Waals surface area contributed by atoms with Crippen LogP contribution in [0.4, 0.5) is 10.5 Å².